The lowest BCUT2D eigenvalue weighted by molar-refractivity contribution is -0.151. The summed E-state index contributed by atoms with van der Waals surface area (Å²) in [4.78, 5) is 63.8. The van der Waals surface area contributed by atoms with Gasteiger partial charge in [-0.2, -0.15) is 0 Å². The summed E-state index contributed by atoms with van der Waals surface area (Å²) < 4.78 is 38.5. The molecule has 0 aliphatic carbocycles. The van der Waals surface area contributed by atoms with Gasteiger partial charge in [-0.1, -0.05) is 0 Å². The van der Waals surface area contributed by atoms with Crippen molar-refractivity contribution in [3.8, 4) is 0 Å². The molecule has 1 unspecified atom stereocenters. The Bertz CT molecular complexity index is 950. The number of esters is 1. The highest BCUT2D eigenvalue weighted by Gasteiger charge is 2.41. The summed E-state index contributed by atoms with van der Waals surface area (Å²) in [7, 11) is -9.04. The van der Waals surface area contributed by atoms with Crippen LogP contribution in [0.2, 0.25) is 0 Å². The average molecular weight is 458 g/mol. The smallest absolute Gasteiger partial charge is 0.400 e. The molecule has 15 nitrogen and oxygen atoms in total. The number of carbonyl (C=O) groups is 1. The minimum Gasteiger partial charge on any atom is -0.462 e. The molecule has 29 heavy (non-hydrogen) atoms. The zero-order valence-electron chi connectivity index (χ0n) is 14.7. The Morgan fingerprint density at radius 2 is 2.03 bits per heavy atom. The van der Waals surface area contributed by atoms with Crippen LogP contribution in [0.1, 0.15) is 12.6 Å². The van der Waals surface area contributed by atoms with E-state index in [-0.39, 0.29) is 6.42 Å². The molecule has 1 aliphatic heterocycles. The zero-order chi connectivity index (χ0) is 22.0. The molecule has 1 aromatic rings. The predicted octanol–water partition coefficient (Wildman–Crippen LogP) is -2.68. The van der Waals surface area contributed by atoms with E-state index < -0.39 is 69.8 Å². The quantitative estimate of drug-likeness (QED) is 0.172. The topological polar surface area (TPSA) is 246 Å². The fraction of sp³-hybridized carbons (Fsp3) is 0.583. The zero-order valence-corrected chi connectivity index (χ0v) is 16.5. The molecule has 5 atom stereocenters. The van der Waals surface area contributed by atoms with Gasteiger partial charge in [0.1, 0.15) is 31.1 Å². The molecule has 2 heterocycles. The fourth-order valence-electron chi connectivity index (χ4n) is 2.58. The first kappa shape index (κ1) is 23.6. The summed E-state index contributed by atoms with van der Waals surface area (Å²) in [5, 5.41) is 0. The first-order chi connectivity index (χ1) is 13.2. The van der Waals surface area contributed by atoms with E-state index in [2.05, 4.69) is 0 Å². The van der Waals surface area contributed by atoms with E-state index in [0.29, 0.717) is 0 Å². The van der Waals surface area contributed by atoms with Gasteiger partial charge in [-0.05, 0) is 0 Å². The van der Waals surface area contributed by atoms with Crippen LogP contribution in [0.3, 0.4) is 0 Å². The molecule has 0 aromatic carbocycles. The van der Waals surface area contributed by atoms with E-state index in [0.717, 1.165) is 16.8 Å². The Hall–Kier alpha value is -1.67. The Balaban J connectivity index is 2.11. The number of hydrogen-bond donors (Lipinski definition) is 6. The minimum absolute atomic E-state index is 0.162. The molecular formula is C12H20N4O11P2. The second-order valence-corrected chi connectivity index (χ2v) is 9.21. The number of aromatic amines is 1. The molecule has 2 rings (SSSR count). The number of carbonyl (C=O) groups excluding carboxylic acids is 1. The molecule has 0 amide bonds. The number of aromatic nitrogens is 2. The molecule has 0 bridgehead atoms. The van der Waals surface area contributed by atoms with Crippen molar-refractivity contribution < 1.29 is 42.6 Å². The van der Waals surface area contributed by atoms with Crippen molar-refractivity contribution in [1.82, 2.24) is 9.55 Å². The van der Waals surface area contributed by atoms with Crippen molar-refractivity contribution in [1.29, 1.82) is 0 Å². The molecule has 0 saturated carbocycles. The summed E-state index contributed by atoms with van der Waals surface area (Å²) in [6.07, 6.45) is -3.39. The molecule has 8 N–H and O–H groups in total. The van der Waals surface area contributed by atoms with Gasteiger partial charge < -0.3 is 29.9 Å². The molecule has 0 radical (unpaired) electrons. The number of rotatable bonds is 8. The SMILES string of the molecule is N[C@@H](CP(=O)(O)O)C(=O)OC[C@H]1O[C@@H](n2ccc(=O)[nH]c2=O)C[C@@H]1OP(N)(=O)O. The lowest BCUT2D eigenvalue weighted by Gasteiger charge is -2.20. The molecule has 17 heteroatoms. The van der Waals surface area contributed by atoms with Crippen LogP contribution in [0.15, 0.2) is 21.9 Å². The number of H-pyrrole nitrogens is 1. The van der Waals surface area contributed by atoms with E-state index in [1.165, 1.54) is 0 Å². The number of hydrogen-bond acceptors (Lipinski definition) is 9. The van der Waals surface area contributed by atoms with Gasteiger partial charge in [0.15, 0.2) is 0 Å². The minimum atomic E-state index is -4.56. The van der Waals surface area contributed by atoms with Crippen LogP contribution in [0, 0.1) is 0 Å². The van der Waals surface area contributed by atoms with Crippen molar-refractivity contribution in [2.45, 2.75) is 30.9 Å². The monoisotopic (exact) mass is 458 g/mol. The molecule has 1 aromatic heterocycles. The Kier molecular flexibility index (Phi) is 7.32. The van der Waals surface area contributed by atoms with Crippen LogP contribution in [0.5, 0.6) is 0 Å². The van der Waals surface area contributed by atoms with Crippen molar-refractivity contribution >= 4 is 21.3 Å². The van der Waals surface area contributed by atoms with Gasteiger partial charge in [-0.25, -0.2) is 14.9 Å². The third-order valence-electron chi connectivity index (χ3n) is 3.76. The summed E-state index contributed by atoms with van der Waals surface area (Å²) in [6, 6.07) is -0.567. The number of nitrogens with zero attached hydrogens (tertiary/aromatic N) is 1. The molecule has 164 valence electrons. The van der Waals surface area contributed by atoms with Crippen LogP contribution in [0.4, 0.5) is 0 Å². The maximum atomic E-state index is 11.9. The molecule has 1 saturated heterocycles. The highest BCUT2D eigenvalue weighted by molar-refractivity contribution is 7.51. The fourth-order valence-corrected chi connectivity index (χ4v) is 3.85. The van der Waals surface area contributed by atoms with E-state index >= 15 is 0 Å². The van der Waals surface area contributed by atoms with Gasteiger partial charge in [0.25, 0.3) is 5.56 Å². The summed E-state index contributed by atoms with van der Waals surface area (Å²) >= 11 is 0. The summed E-state index contributed by atoms with van der Waals surface area (Å²) in [5.41, 5.74) is 8.88. The van der Waals surface area contributed by atoms with Gasteiger partial charge >= 0.3 is 27.0 Å². The van der Waals surface area contributed by atoms with Crippen LogP contribution in [-0.4, -0.2) is 61.2 Å². The third-order valence-corrected chi connectivity index (χ3v) is 5.20. The second-order valence-electron chi connectivity index (χ2n) is 6.17. The highest BCUT2D eigenvalue weighted by Crippen LogP contribution is 2.41. The summed E-state index contributed by atoms with van der Waals surface area (Å²) in [6.45, 7) is -0.576. The van der Waals surface area contributed by atoms with Crippen molar-refractivity contribution in [2.75, 3.05) is 12.8 Å². The number of ether oxygens (including phenoxy) is 2. The molecular weight excluding hydrogens is 438 g/mol. The molecule has 1 aliphatic rings. The first-order valence-corrected chi connectivity index (χ1v) is 11.4. The van der Waals surface area contributed by atoms with Gasteiger partial charge in [0.05, 0.1) is 6.16 Å². The van der Waals surface area contributed by atoms with Crippen LogP contribution in [0.25, 0.3) is 0 Å². The number of nitrogens with one attached hydrogen (secondary N) is 1. The van der Waals surface area contributed by atoms with Gasteiger partial charge in [0.2, 0.25) is 0 Å². The molecule has 1 fully saturated rings. The maximum absolute atomic E-state index is 11.9. The lowest BCUT2D eigenvalue weighted by Crippen LogP contribution is -2.38. The van der Waals surface area contributed by atoms with Crippen LogP contribution in [-0.2, 0) is 27.9 Å². The summed E-state index contributed by atoms with van der Waals surface area (Å²) in [5.74, 6) is -1.15. The molecule has 0 spiro atoms. The van der Waals surface area contributed by atoms with E-state index in [1.807, 2.05) is 4.98 Å². The normalized spacial score (nSPS) is 25.3. The van der Waals surface area contributed by atoms with E-state index in [4.69, 9.17) is 35.0 Å². The lowest BCUT2D eigenvalue weighted by atomic mass is 10.2. The van der Waals surface area contributed by atoms with Crippen molar-refractivity contribution in [3.05, 3.63) is 33.1 Å². The second kappa shape index (κ2) is 9.00. The van der Waals surface area contributed by atoms with E-state index in [9.17, 15) is 28.4 Å². The van der Waals surface area contributed by atoms with E-state index in [1.54, 1.807) is 0 Å². The van der Waals surface area contributed by atoms with Crippen molar-refractivity contribution in [3.63, 3.8) is 0 Å². The Labute approximate surface area is 162 Å². The Morgan fingerprint density at radius 3 is 2.59 bits per heavy atom. The average Bonchev–Trinajstić information content (AvgIpc) is 2.91. The van der Waals surface area contributed by atoms with Gasteiger partial charge in [-0.3, -0.25) is 28.2 Å². The third kappa shape index (κ3) is 7.26. The van der Waals surface area contributed by atoms with Crippen LogP contribution >= 0.6 is 15.3 Å². The Morgan fingerprint density at radius 1 is 1.38 bits per heavy atom. The van der Waals surface area contributed by atoms with Gasteiger partial charge in [0, 0.05) is 18.7 Å². The van der Waals surface area contributed by atoms with Crippen molar-refractivity contribution in [2.24, 2.45) is 11.2 Å². The largest absolute Gasteiger partial charge is 0.462 e. The predicted molar refractivity (Wildman–Crippen MR) is 94.6 cm³/mol. The van der Waals surface area contributed by atoms with Gasteiger partial charge in [-0.15, -0.1) is 0 Å². The highest BCUT2D eigenvalue weighted by atomic mass is 31.2. The standard InChI is InChI=1S/C12H20N4O11P2/c13-6(5-28(20,21)22)11(18)25-4-8-7(27-29(14,23)24)3-10(26-8)16-2-1-9(17)15-12(16)19/h1-2,6-8,10H,3-5,13H2,(H3,14,23,24)(H,15,17,19)(H2,20,21,22)/t6-,7-,8+,10+/m0/s1. The van der Waals surface area contributed by atoms with Crippen LogP contribution < -0.4 is 22.5 Å². The maximum Gasteiger partial charge on any atom is 0.400 e. The number of nitrogens with two attached hydrogens (primary N) is 2. The first-order valence-electron chi connectivity index (χ1n) is 7.98.